The van der Waals surface area contributed by atoms with E-state index < -0.39 is 0 Å². The lowest BCUT2D eigenvalue weighted by Crippen LogP contribution is -2.37. The maximum atomic E-state index is 12.1. The van der Waals surface area contributed by atoms with Crippen molar-refractivity contribution in [3.8, 4) is 0 Å². The van der Waals surface area contributed by atoms with Crippen molar-refractivity contribution in [1.82, 2.24) is 10.2 Å². The number of hydrogen-bond donors (Lipinski definition) is 2. The fourth-order valence-electron chi connectivity index (χ4n) is 2.57. The van der Waals surface area contributed by atoms with Gasteiger partial charge in [-0.15, -0.1) is 0 Å². The zero-order valence-electron chi connectivity index (χ0n) is 11.8. The number of nitrogens with two attached hydrogens (primary N) is 1. The Balaban J connectivity index is 1.81. The van der Waals surface area contributed by atoms with Crippen LogP contribution >= 0.6 is 15.9 Å². The van der Waals surface area contributed by atoms with E-state index in [9.17, 15) is 4.79 Å². The molecule has 1 aromatic carbocycles. The summed E-state index contributed by atoms with van der Waals surface area (Å²) in [5.41, 5.74) is 6.78. The van der Waals surface area contributed by atoms with E-state index in [0.29, 0.717) is 19.0 Å². The highest BCUT2D eigenvalue weighted by molar-refractivity contribution is 9.10. The predicted molar refractivity (Wildman–Crippen MR) is 84.3 cm³/mol. The van der Waals surface area contributed by atoms with Crippen LogP contribution in [0.15, 0.2) is 28.7 Å². The van der Waals surface area contributed by atoms with Crippen LogP contribution in [-0.4, -0.2) is 37.0 Å². The zero-order valence-corrected chi connectivity index (χ0v) is 13.4. The number of nitrogens with zero attached hydrogens (tertiary/aromatic N) is 1. The summed E-state index contributed by atoms with van der Waals surface area (Å²) in [4.78, 5) is 14.2. The van der Waals surface area contributed by atoms with Crippen molar-refractivity contribution >= 4 is 21.8 Å². The van der Waals surface area contributed by atoms with E-state index in [1.165, 1.54) is 0 Å². The van der Waals surface area contributed by atoms with Gasteiger partial charge in [-0.05, 0) is 50.0 Å². The number of carbonyl (C=O) groups is 1. The van der Waals surface area contributed by atoms with Crippen molar-refractivity contribution in [2.24, 2.45) is 11.7 Å². The molecule has 0 spiro atoms. The molecule has 0 saturated carbocycles. The predicted octanol–water partition coefficient (Wildman–Crippen LogP) is 1.91. The standard InChI is InChI=1S/C15H22BrN3O/c1-11(13-2-4-14(16)5-3-13)18-15(20)10-19-7-6-12(8-17)9-19/h2-5,11-12H,6-10,17H2,1H3,(H,18,20). The summed E-state index contributed by atoms with van der Waals surface area (Å²) in [5, 5.41) is 3.05. The molecule has 1 amide bonds. The van der Waals surface area contributed by atoms with Crippen LogP contribution in [0.1, 0.15) is 24.9 Å². The molecule has 0 aliphatic carbocycles. The van der Waals surface area contributed by atoms with E-state index in [4.69, 9.17) is 5.73 Å². The monoisotopic (exact) mass is 339 g/mol. The Morgan fingerprint density at radius 2 is 2.20 bits per heavy atom. The second kappa shape index (κ2) is 7.20. The number of hydrogen-bond acceptors (Lipinski definition) is 3. The summed E-state index contributed by atoms with van der Waals surface area (Å²) in [6.07, 6.45) is 1.10. The van der Waals surface area contributed by atoms with Crippen molar-refractivity contribution in [1.29, 1.82) is 0 Å². The molecule has 0 bridgehead atoms. The largest absolute Gasteiger partial charge is 0.348 e. The topological polar surface area (TPSA) is 58.4 Å². The molecule has 110 valence electrons. The first kappa shape index (κ1) is 15.5. The Morgan fingerprint density at radius 1 is 1.50 bits per heavy atom. The van der Waals surface area contributed by atoms with Crippen LogP contribution in [0.25, 0.3) is 0 Å². The van der Waals surface area contributed by atoms with E-state index in [1.54, 1.807) is 0 Å². The lowest BCUT2D eigenvalue weighted by molar-refractivity contribution is -0.122. The first-order chi connectivity index (χ1) is 9.58. The van der Waals surface area contributed by atoms with E-state index >= 15 is 0 Å². The lowest BCUT2D eigenvalue weighted by atomic mass is 10.1. The Hall–Kier alpha value is -0.910. The molecule has 4 nitrogen and oxygen atoms in total. The van der Waals surface area contributed by atoms with Crippen LogP contribution in [0.2, 0.25) is 0 Å². The molecule has 5 heteroatoms. The molecule has 1 heterocycles. The lowest BCUT2D eigenvalue weighted by Gasteiger charge is -2.19. The average molecular weight is 340 g/mol. The van der Waals surface area contributed by atoms with Gasteiger partial charge in [-0.1, -0.05) is 28.1 Å². The Bertz CT molecular complexity index is 449. The zero-order chi connectivity index (χ0) is 14.5. The number of carbonyl (C=O) groups excluding carboxylic acids is 1. The number of nitrogens with one attached hydrogen (secondary N) is 1. The molecule has 0 radical (unpaired) electrons. The van der Waals surface area contributed by atoms with Crippen LogP contribution in [0.5, 0.6) is 0 Å². The minimum absolute atomic E-state index is 0.0310. The third-order valence-electron chi connectivity index (χ3n) is 3.82. The van der Waals surface area contributed by atoms with Crippen molar-refractivity contribution in [2.45, 2.75) is 19.4 Å². The third kappa shape index (κ3) is 4.30. The number of benzene rings is 1. The van der Waals surface area contributed by atoms with Crippen molar-refractivity contribution < 1.29 is 4.79 Å². The summed E-state index contributed by atoms with van der Waals surface area (Å²) in [6.45, 7) is 5.11. The van der Waals surface area contributed by atoms with Gasteiger partial charge in [-0.25, -0.2) is 0 Å². The summed E-state index contributed by atoms with van der Waals surface area (Å²) in [5.74, 6) is 0.629. The highest BCUT2D eigenvalue weighted by atomic mass is 79.9. The number of halogens is 1. The molecule has 2 atom stereocenters. The second-order valence-electron chi connectivity index (χ2n) is 5.47. The van der Waals surface area contributed by atoms with E-state index in [2.05, 4.69) is 26.1 Å². The number of rotatable bonds is 5. The molecule has 2 rings (SSSR count). The minimum atomic E-state index is 0.0310. The van der Waals surface area contributed by atoms with Gasteiger partial charge < -0.3 is 11.1 Å². The van der Waals surface area contributed by atoms with Crippen LogP contribution in [0, 0.1) is 5.92 Å². The van der Waals surface area contributed by atoms with Gasteiger partial charge >= 0.3 is 0 Å². The maximum Gasteiger partial charge on any atom is 0.234 e. The summed E-state index contributed by atoms with van der Waals surface area (Å²) in [7, 11) is 0. The molecule has 20 heavy (non-hydrogen) atoms. The Morgan fingerprint density at radius 3 is 2.80 bits per heavy atom. The van der Waals surface area contributed by atoms with Gasteiger partial charge in [0.25, 0.3) is 0 Å². The molecule has 3 N–H and O–H groups in total. The van der Waals surface area contributed by atoms with Crippen molar-refractivity contribution in [3.63, 3.8) is 0 Å². The summed E-state index contributed by atoms with van der Waals surface area (Å²) < 4.78 is 1.05. The number of likely N-dealkylation sites (tertiary alicyclic amines) is 1. The van der Waals surface area contributed by atoms with Gasteiger partial charge in [0.05, 0.1) is 12.6 Å². The smallest absolute Gasteiger partial charge is 0.234 e. The summed E-state index contributed by atoms with van der Waals surface area (Å²) >= 11 is 3.41. The van der Waals surface area contributed by atoms with Crippen LogP contribution in [0.4, 0.5) is 0 Å². The normalized spacial score (nSPS) is 20.9. The van der Waals surface area contributed by atoms with Crippen LogP contribution in [-0.2, 0) is 4.79 Å². The van der Waals surface area contributed by atoms with E-state index in [0.717, 1.165) is 29.5 Å². The van der Waals surface area contributed by atoms with Gasteiger partial charge in [0.2, 0.25) is 5.91 Å². The fourth-order valence-corrected chi connectivity index (χ4v) is 2.84. The first-order valence-corrected chi connectivity index (χ1v) is 7.85. The van der Waals surface area contributed by atoms with Gasteiger partial charge in [-0.3, -0.25) is 9.69 Å². The highest BCUT2D eigenvalue weighted by Crippen LogP contribution is 2.17. The molecule has 1 aliphatic heterocycles. The van der Waals surface area contributed by atoms with Crippen molar-refractivity contribution in [2.75, 3.05) is 26.2 Å². The number of amides is 1. The first-order valence-electron chi connectivity index (χ1n) is 7.05. The molecular formula is C15H22BrN3O. The van der Waals surface area contributed by atoms with Gasteiger partial charge in [0.1, 0.15) is 0 Å². The van der Waals surface area contributed by atoms with Gasteiger partial charge in [0, 0.05) is 11.0 Å². The summed E-state index contributed by atoms with van der Waals surface area (Å²) in [6, 6.07) is 8.06. The Labute approximate surface area is 128 Å². The Kier molecular flexibility index (Phi) is 5.57. The van der Waals surface area contributed by atoms with E-state index in [1.807, 2.05) is 31.2 Å². The highest BCUT2D eigenvalue weighted by Gasteiger charge is 2.23. The average Bonchev–Trinajstić information content (AvgIpc) is 2.86. The van der Waals surface area contributed by atoms with E-state index in [-0.39, 0.29) is 11.9 Å². The molecule has 1 aliphatic rings. The third-order valence-corrected chi connectivity index (χ3v) is 4.35. The van der Waals surface area contributed by atoms with Crippen molar-refractivity contribution in [3.05, 3.63) is 34.3 Å². The quantitative estimate of drug-likeness (QED) is 0.861. The maximum absolute atomic E-state index is 12.1. The molecule has 0 aromatic heterocycles. The van der Waals surface area contributed by atoms with Gasteiger partial charge in [-0.2, -0.15) is 0 Å². The van der Waals surface area contributed by atoms with Crippen LogP contribution in [0.3, 0.4) is 0 Å². The molecule has 1 saturated heterocycles. The fraction of sp³-hybridized carbons (Fsp3) is 0.533. The van der Waals surface area contributed by atoms with Crippen LogP contribution < -0.4 is 11.1 Å². The molecule has 1 fully saturated rings. The molecule has 2 unspecified atom stereocenters. The molecule has 1 aromatic rings. The second-order valence-corrected chi connectivity index (χ2v) is 6.38. The minimum Gasteiger partial charge on any atom is -0.348 e. The molecular weight excluding hydrogens is 318 g/mol. The van der Waals surface area contributed by atoms with Gasteiger partial charge in [0.15, 0.2) is 0 Å². The SMILES string of the molecule is CC(NC(=O)CN1CCC(CN)C1)c1ccc(Br)cc1.